The van der Waals surface area contributed by atoms with Crippen LogP contribution >= 0.6 is 0 Å². The van der Waals surface area contributed by atoms with Crippen molar-refractivity contribution in [2.75, 3.05) is 13.2 Å². The number of aliphatic hydroxyl groups is 1. The molecule has 0 aromatic rings. The third-order valence-electron chi connectivity index (χ3n) is 10.7. The summed E-state index contributed by atoms with van der Waals surface area (Å²) >= 11 is 0. The summed E-state index contributed by atoms with van der Waals surface area (Å²) in [7, 11) is 0. The molecule has 0 aliphatic heterocycles. The van der Waals surface area contributed by atoms with Gasteiger partial charge in [0.05, 0.1) is 19.3 Å². The van der Waals surface area contributed by atoms with Crippen molar-refractivity contribution in [3.63, 3.8) is 0 Å². The van der Waals surface area contributed by atoms with Gasteiger partial charge in [-0.05, 0) is 97.7 Å². The van der Waals surface area contributed by atoms with Crippen LogP contribution in [0.1, 0.15) is 105 Å². The van der Waals surface area contributed by atoms with Gasteiger partial charge in [0.15, 0.2) is 0 Å². The molecule has 31 heavy (non-hydrogen) atoms. The third-order valence-corrected chi connectivity index (χ3v) is 10.7. The molecule has 3 fully saturated rings. The topological polar surface area (TPSA) is 29.5 Å². The number of hydrogen-bond acceptors (Lipinski definition) is 2. The lowest BCUT2D eigenvalue weighted by atomic mass is 9.47. The zero-order valence-electron chi connectivity index (χ0n) is 21.2. The van der Waals surface area contributed by atoms with Crippen molar-refractivity contribution in [3.05, 3.63) is 11.6 Å². The Morgan fingerprint density at radius 3 is 2.58 bits per heavy atom. The molecular formula is C29H50O2. The summed E-state index contributed by atoms with van der Waals surface area (Å²) in [4.78, 5) is 0. The van der Waals surface area contributed by atoms with Crippen molar-refractivity contribution < 1.29 is 9.84 Å². The summed E-state index contributed by atoms with van der Waals surface area (Å²) in [5.74, 6) is 5.44. The predicted octanol–water partition coefficient (Wildman–Crippen LogP) is 7.41. The Morgan fingerprint density at radius 2 is 1.84 bits per heavy atom. The smallest absolute Gasteiger partial charge is 0.0701 e. The molecular weight excluding hydrogens is 380 g/mol. The van der Waals surface area contributed by atoms with Gasteiger partial charge in [0.2, 0.25) is 0 Å². The van der Waals surface area contributed by atoms with Crippen LogP contribution in [-0.4, -0.2) is 24.4 Å². The van der Waals surface area contributed by atoms with Gasteiger partial charge in [-0.15, -0.1) is 0 Å². The fourth-order valence-corrected chi connectivity index (χ4v) is 9.01. The normalized spacial score (nSPS) is 43.2. The number of hydrogen-bond donors (Lipinski definition) is 1. The number of rotatable bonds is 8. The van der Waals surface area contributed by atoms with Crippen molar-refractivity contribution in [2.24, 2.45) is 46.3 Å². The molecule has 1 N–H and O–H groups in total. The van der Waals surface area contributed by atoms with Gasteiger partial charge in [-0.3, -0.25) is 0 Å². The zero-order valence-corrected chi connectivity index (χ0v) is 21.2. The fourth-order valence-electron chi connectivity index (χ4n) is 9.01. The SMILES string of the molecule is CC(C)CCC[C@H](C)[C@H]1CC[C@H]2[C@@H]3CC=C4C[C@H](OCCO)CC[C@]4(C)[C@H]3CC[C@]12C. The Bertz CT molecular complexity index is 639. The van der Waals surface area contributed by atoms with E-state index in [-0.39, 0.29) is 6.61 Å². The van der Waals surface area contributed by atoms with E-state index in [1.165, 1.54) is 64.2 Å². The van der Waals surface area contributed by atoms with E-state index in [0.717, 1.165) is 41.9 Å². The molecule has 0 aromatic carbocycles. The summed E-state index contributed by atoms with van der Waals surface area (Å²) in [5, 5.41) is 9.14. The lowest BCUT2D eigenvalue weighted by Crippen LogP contribution is -2.51. The average molecular weight is 431 g/mol. The highest BCUT2D eigenvalue weighted by Gasteiger charge is 2.59. The molecule has 0 bridgehead atoms. The molecule has 3 saturated carbocycles. The van der Waals surface area contributed by atoms with Crippen LogP contribution in [0.4, 0.5) is 0 Å². The molecule has 2 nitrogen and oxygen atoms in total. The second-order valence-corrected chi connectivity index (χ2v) is 12.7. The highest BCUT2D eigenvalue weighted by Crippen LogP contribution is 2.67. The minimum absolute atomic E-state index is 0.148. The molecule has 0 unspecified atom stereocenters. The summed E-state index contributed by atoms with van der Waals surface area (Å²) in [6.07, 6.45) is 18.0. The van der Waals surface area contributed by atoms with E-state index >= 15 is 0 Å². The van der Waals surface area contributed by atoms with Gasteiger partial charge < -0.3 is 9.84 Å². The first kappa shape index (κ1) is 23.8. The Balaban J connectivity index is 1.45. The van der Waals surface area contributed by atoms with Crippen LogP contribution in [0.3, 0.4) is 0 Å². The molecule has 8 atom stereocenters. The van der Waals surface area contributed by atoms with Crippen LogP contribution in [-0.2, 0) is 4.74 Å². The average Bonchev–Trinajstić information content (AvgIpc) is 3.09. The van der Waals surface area contributed by atoms with Gasteiger partial charge in [0.25, 0.3) is 0 Å². The highest BCUT2D eigenvalue weighted by atomic mass is 16.5. The van der Waals surface area contributed by atoms with Gasteiger partial charge in [0, 0.05) is 0 Å². The van der Waals surface area contributed by atoms with E-state index in [4.69, 9.17) is 9.84 Å². The van der Waals surface area contributed by atoms with E-state index in [1.807, 2.05) is 0 Å². The van der Waals surface area contributed by atoms with E-state index in [9.17, 15) is 0 Å². The standard InChI is InChI=1S/C29H50O2/c1-20(2)7-6-8-21(3)25-11-12-26-24-10-9-22-19-23(31-18-17-30)13-15-28(22,4)27(24)14-16-29(25,26)5/h9,20-21,23-27,30H,6-8,10-19H2,1-5H3/t21-,23+,24-,25+,26-,27-,28-,29+/m0/s1. The lowest BCUT2D eigenvalue weighted by molar-refractivity contribution is -0.0658. The maximum Gasteiger partial charge on any atom is 0.0701 e. The number of fused-ring (bicyclic) bond motifs is 5. The maximum atomic E-state index is 9.14. The van der Waals surface area contributed by atoms with Crippen molar-refractivity contribution in [1.82, 2.24) is 0 Å². The molecule has 0 aromatic heterocycles. The molecule has 0 saturated heterocycles. The highest BCUT2D eigenvalue weighted by molar-refractivity contribution is 5.25. The Hall–Kier alpha value is -0.340. The molecule has 4 aliphatic carbocycles. The molecule has 0 spiro atoms. The van der Waals surface area contributed by atoms with Crippen LogP contribution in [0.5, 0.6) is 0 Å². The summed E-state index contributed by atoms with van der Waals surface area (Å²) in [5.41, 5.74) is 2.69. The first-order valence-electron chi connectivity index (χ1n) is 13.7. The van der Waals surface area contributed by atoms with Gasteiger partial charge in [-0.2, -0.15) is 0 Å². The molecule has 4 aliphatic rings. The van der Waals surface area contributed by atoms with Gasteiger partial charge in [-0.1, -0.05) is 65.5 Å². The second kappa shape index (κ2) is 9.49. The van der Waals surface area contributed by atoms with Gasteiger partial charge >= 0.3 is 0 Å². The van der Waals surface area contributed by atoms with Gasteiger partial charge in [0.1, 0.15) is 0 Å². The van der Waals surface area contributed by atoms with Crippen molar-refractivity contribution in [3.8, 4) is 0 Å². The minimum Gasteiger partial charge on any atom is -0.394 e. The van der Waals surface area contributed by atoms with Gasteiger partial charge in [-0.25, -0.2) is 0 Å². The van der Waals surface area contributed by atoms with E-state index in [1.54, 1.807) is 5.57 Å². The molecule has 0 radical (unpaired) electrons. The molecule has 0 amide bonds. The van der Waals surface area contributed by atoms with Crippen LogP contribution in [0.2, 0.25) is 0 Å². The molecule has 4 rings (SSSR count). The molecule has 178 valence electrons. The Labute approximate surface area is 192 Å². The fraction of sp³-hybridized carbons (Fsp3) is 0.931. The van der Waals surface area contributed by atoms with Crippen LogP contribution < -0.4 is 0 Å². The van der Waals surface area contributed by atoms with E-state index in [0.29, 0.717) is 23.5 Å². The van der Waals surface area contributed by atoms with Crippen molar-refractivity contribution in [2.45, 2.75) is 111 Å². The van der Waals surface area contributed by atoms with E-state index < -0.39 is 0 Å². The van der Waals surface area contributed by atoms with Crippen LogP contribution in [0, 0.1) is 46.3 Å². The lowest BCUT2D eigenvalue weighted by Gasteiger charge is -2.58. The summed E-state index contributed by atoms with van der Waals surface area (Å²) < 4.78 is 5.94. The number of allylic oxidation sites excluding steroid dienone is 1. The summed E-state index contributed by atoms with van der Waals surface area (Å²) in [6.45, 7) is 13.3. The Kier molecular flexibility index (Phi) is 7.29. The molecule has 2 heteroatoms. The molecule has 0 heterocycles. The number of aliphatic hydroxyl groups excluding tert-OH is 1. The first-order valence-corrected chi connectivity index (χ1v) is 13.7. The van der Waals surface area contributed by atoms with E-state index in [2.05, 4.69) is 40.7 Å². The number of ether oxygens (including phenoxy) is 1. The predicted molar refractivity (Wildman–Crippen MR) is 130 cm³/mol. The maximum absolute atomic E-state index is 9.14. The first-order chi connectivity index (χ1) is 14.8. The minimum atomic E-state index is 0.148. The Morgan fingerprint density at radius 1 is 1.03 bits per heavy atom. The van der Waals surface area contributed by atoms with Crippen LogP contribution in [0.15, 0.2) is 11.6 Å². The van der Waals surface area contributed by atoms with Crippen molar-refractivity contribution in [1.29, 1.82) is 0 Å². The quantitative estimate of drug-likeness (QED) is 0.406. The largest absolute Gasteiger partial charge is 0.394 e. The van der Waals surface area contributed by atoms with Crippen molar-refractivity contribution >= 4 is 0 Å². The zero-order chi connectivity index (χ0) is 22.2. The summed E-state index contributed by atoms with van der Waals surface area (Å²) in [6, 6.07) is 0. The van der Waals surface area contributed by atoms with Crippen LogP contribution in [0.25, 0.3) is 0 Å². The second-order valence-electron chi connectivity index (χ2n) is 12.7. The third kappa shape index (κ3) is 4.42. The monoisotopic (exact) mass is 430 g/mol.